The third kappa shape index (κ3) is 4.41. The summed E-state index contributed by atoms with van der Waals surface area (Å²) >= 11 is 6.15. The normalized spacial score (nSPS) is 18.0. The van der Waals surface area contributed by atoms with Crippen LogP contribution in [0.25, 0.3) is 11.4 Å². The van der Waals surface area contributed by atoms with Crippen molar-refractivity contribution in [2.45, 2.75) is 12.5 Å². The van der Waals surface area contributed by atoms with E-state index in [4.69, 9.17) is 11.6 Å². The highest BCUT2D eigenvalue weighted by atomic mass is 35.5. The molecule has 2 aliphatic heterocycles. The predicted molar refractivity (Wildman–Crippen MR) is 122 cm³/mol. The number of amides is 2. The van der Waals surface area contributed by atoms with Gasteiger partial charge in [-0.05, 0) is 17.7 Å². The fourth-order valence-corrected chi connectivity index (χ4v) is 4.49. The summed E-state index contributed by atoms with van der Waals surface area (Å²) in [6, 6.07) is 2.25. The summed E-state index contributed by atoms with van der Waals surface area (Å²) in [4.78, 5) is 25.1. The van der Waals surface area contributed by atoms with Gasteiger partial charge in [0.05, 0.1) is 23.5 Å². The van der Waals surface area contributed by atoms with Crippen molar-refractivity contribution in [3.63, 3.8) is 0 Å². The van der Waals surface area contributed by atoms with Gasteiger partial charge in [-0.15, -0.1) is 0 Å². The summed E-state index contributed by atoms with van der Waals surface area (Å²) in [6.45, 7) is 1.45. The average molecular weight is 505 g/mol. The Morgan fingerprint density at radius 2 is 1.77 bits per heavy atom. The van der Waals surface area contributed by atoms with E-state index in [1.807, 2.05) is 4.90 Å². The molecule has 1 fully saturated rings. The lowest BCUT2D eigenvalue weighted by Crippen LogP contribution is -2.52. The summed E-state index contributed by atoms with van der Waals surface area (Å²) in [5, 5.41) is 9.69. The van der Waals surface area contributed by atoms with Crippen LogP contribution in [0.3, 0.4) is 0 Å². The topological polar surface area (TPSA) is 82.8 Å². The fraction of sp³-hybridized carbons (Fsp3) is 0.318. The largest absolute Gasteiger partial charge is 0.341 e. The molecule has 1 atom stereocenters. The second-order valence-electron chi connectivity index (χ2n) is 8.18. The van der Waals surface area contributed by atoms with E-state index in [2.05, 4.69) is 20.2 Å². The number of aryl methyl sites for hydroxylation is 1. The molecule has 3 aromatic rings. The van der Waals surface area contributed by atoms with Gasteiger partial charge < -0.3 is 9.80 Å². The number of benzene rings is 1. The molecule has 0 spiro atoms. The van der Waals surface area contributed by atoms with Crippen LogP contribution in [-0.4, -0.2) is 68.1 Å². The maximum absolute atomic E-state index is 14.5. The lowest BCUT2D eigenvalue weighted by Gasteiger charge is -2.37. The zero-order valence-electron chi connectivity index (χ0n) is 18.6. The molecular formula is C22H20ClF3N8O. The van der Waals surface area contributed by atoms with Crippen LogP contribution in [0.1, 0.15) is 18.0 Å². The van der Waals surface area contributed by atoms with E-state index in [0.29, 0.717) is 49.8 Å². The van der Waals surface area contributed by atoms with Crippen LogP contribution in [0, 0.1) is 17.5 Å². The molecule has 0 aliphatic carbocycles. The molecule has 2 aliphatic rings. The number of carbonyl (C=O) groups excluding carboxylic acids is 1. The smallest absolute Gasteiger partial charge is 0.337 e. The Morgan fingerprint density at radius 1 is 1.06 bits per heavy atom. The molecule has 5 rings (SSSR count). The standard InChI is InChI=1S/C22H20ClF3N8O/c1-31-20(16(23)11-29-31)19-17(26)12-27-21(30-19)32-4-6-33(7-5-32)22(35)34-18(2-3-28-34)13-8-14(24)10-15(25)9-13/h3,8-12,18H,2,4-7H2,1H3. The van der Waals surface area contributed by atoms with E-state index in [9.17, 15) is 18.0 Å². The summed E-state index contributed by atoms with van der Waals surface area (Å²) in [7, 11) is 1.64. The number of halogens is 4. The number of urea groups is 1. The predicted octanol–water partition coefficient (Wildman–Crippen LogP) is 3.62. The van der Waals surface area contributed by atoms with Gasteiger partial charge in [0.1, 0.15) is 23.0 Å². The number of rotatable bonds is 3. The highest BCUT2D eigenvalue weighted by molar-refractivity contribution is 6.32. The van der Waals surface area contributed by atoms with Crippen molar-refractivity contribution in [3.05, 3.63) is 58.6 Å². The summed E-state index contributed by atoms with van der Waals surface area (Å²) in [5.74, 6) is -1.74. The minimum atomic E-state index is -0.709. The number of anilines is 1. The second-order valence-corrected chi connectivity index (χ2v) is 8.59. The zero-order valence-corrected chi connectivity index (χ0v) is 19.3. The summed E-state index contributed by atoms with van der Waals surface area (Å²) in [5.41, 5.74) is 0.719. The fourth-order valence-electron chi connectivity index (χ4n) is 4.24. The highest BCUT2D eigenvalue weighted by Crippen LogP contribution is 2.31. The van der Waals surface area contributed by atoms with Gasteiger partial charge in [-0.25, -0.2) is 32.9 Å². The molecule has 0 N–H and O–H groups in total. The van der Waals surface area contributed by atoms with Crippen molar-refractivity contribution < 1.29 is 18.0 Å². The molecule has 1 aromatic carbocycles. The molecule has 4 heterocycles. The zero-order chi connectivity index (χ0) is 24.7. The number of piperazine rings is 1. The van der Waals surface area contributed by atoms with Gasteiger partial charge in [0.2, 0.25) is 5.95 Å². The first-order valence-electron chi connectivity index (χ1n) is 10.8. The Labute approximate surface area is 203 Å². The molecule has 2 amide bonds. The van der Waals surface area contributed by atoms with Crippen LogP contribution >= 0.6 is 11.6 Å². The molecule has 1 unspecified atom stereocenters. The first-order valence-corrected chi connectivity index (χ1v) is 11.2. The Hall–Kier alpha value is -3.67. The second kappa shape index (κ2) is 9.17. The van der Waals surface area contributed by atoms with E-state index >= 15 is 0 Å². The van der Waals surface area contributed by atoms with E-state index in [-0.39, 0.29) is 16.7 Å². The number of aromatic nitrogens is 4. The van der Waals surface area contributed by atoms with Crippen LogP contribution in [-0.2, 0) is 7.05 Å². The van der Waals surface area contributed by atoms with Gasteiger partial charge in [0.15, 0.2) is 5.82 Å². The molecule has 13 heteroatoms. The lowest BCUT2D eigenvalue weighted by molar-refractivity contribution is 0.139. The van der Waals surface area contributed by atoms with E-state index in [1.54, 1.807) is 18.2 Å². The molecule has 1 saturated heterocycles. The molecule has 182 valence electrons. The monoisotopic (exact) mass is 504 g/mol. The molecule has 0 radical (unpaired) electrons. The van der Waals surface area contributed by atoms with Crippen molar-refractivity contribution >= 4 is 29.8 Å². The van der Waals surface area contributed by atoms with Gasteiger partial charge in [-0.3, -0.25) is 4.68 Å². The van der Waals surface area contributed by atoms with Crippen LogP contribution in [0.5, 0.6) is 0 Å². The Bertz CT molecular complexity index is 1270. The quantitative estimate of drug-likeness (QED) is 0.544. The number of hydrazone groups is 1. The number of nitrogens with zero attached hydrogens (tertiary/aromatic N) is 8. The van der Waals surface area contributed by atoms with Gasteiger partial charge in [0, 0.05) is 51.9 Å². The SMILES string of the molecule is Cn1ncc(Cl)c1-c1nc(N2CCN(C(=O)N3N=CCC3c3cc(F)cc(F)c3)CC2)ncc1F. The average Bonchev–Trinajstić information content (AvgIpc) is 3.45. The van der Waals surface area contributed by atoms with Crippen LogP contribution < -0.4 is 4.90 Å². The first-order chi connectivity index (χ1) is 16.8. The van der Waals surface area contributed by atoms with E-state index in [0.717, 1.165) is 12.3 Å². The molecule has 35 heavy (non-hydrogen) atoms. The Morgan fingerprint density at radius 3 is 2.43 bits per heavy atom. The van der Waals surface area contributed by atoms with E-state index < -0.39 is 23.5 Å². The molecule has 2 aromatic heterocycles. The van der Waals surface area contributed by atoms with E-state index in [1.165, 1.54) is 28.0 Å². The number of hydrogen-bond donors (Lipinski definition) is 0. The van der Waals surface area contributed by atoms with Crippen molar-refractivity contribution in [1.29, 1.82) is 0 Å². The van der Waals surface area contributed by atoms with Gasteiger partial charge in [0.25, 0.3) is 0 Å². The number of hydrogen-bond acceptors (Lipinski definition) is 6. The van der Waals surface area contributed by atoms with Gasteiger partial charge >= 0.3 is 6.03 Å². The Balaban J connectivity index is 1.29. The van der Waals surface area contributed by atoms with Crippen molar-refractivity contribution in [1.82, 2.24) is 29.7 Å². The van der Waals surface area contributed by atoms with Crippen molar-refractivity contribution in [2.24, 2.45) is 12.1 Å². The minimum absolute atomic E-state index is 0.0371. The Kier molecular flexibility index (Phi) is 6.05. The van der Waals surface area contributed by atoms with Crippen molar-refractivity contribution in [3.8, 4) is 11.4 Å². The number of carbonyl (C=O) groups is 1. The van der Waals surface area contributed by atoms with Crippen molar-refractivity contribution in [2.75, 3.05) is 31.1 Å². The molecular weight excluding hydrogens is 485 g/mol. The van der Waals surface area contributed by atoms with Gasteiger partial charge in [-0.2, -0.15) is 10.2 Å². The highest BCUT2D eigenvalue weighted by Gasteiger charge is 2.34. The maximum Gasteiger partial charge on any atom is 0.341 e. The lowest BCUT2D eigenvalue weighted by atomic mass is 10.0. The maximum atomic E-state index is 14.5. The molecule has 0 bridgehead atoms. The third-order valence-corrected chi connectivity index (χ3v) is 6.26. The summed E-state index contributed by atoms with van der Waals surface area (Å²) in [6.07, 6.45) is 4.41. The first kappa shape index (κ1) is 23.1. The third-order valence-electron chi connectivity index (χ3n) is 5.98. The minimum Gasteiger partial charge on any atom is -0.337 e. The van der Waals surface area contributed by atoms with Crippen LogP contribution in [0.15, 0.2) is 35.7 Å². The van der Waals surface area contributed by atoms with Crippen LogP contribution in [0.2, 0.25) is 5.02 Å². The summed E-state index contributed by atoms with van der Waals surface area (Å²) < 4.78 is 43.3. The van der Waals surface area contributed by atoms with Gasteiger partial charge in [-0.1, -0.05) is 11.6 Å². The molecule has 0 saturated carbocycles. The molecule has 9 nitrogen and oxygen atoms in total. The van der Waals surface area contributed by atoms with Crippen LogP contribution in [0.4, 0.5) is 23.9 Å².